The second-order valence-electron chi connectivity index (χ2n) is 6.39. The van der Waals surface area contributed by atoms with Gasteiger partial charge in [-0.3, -0.25) is 14.4 Å². The van der Waals surface area contributed by atoms with E-state index in [1.54, 1.807) is 18.2 Å². The maximum absolute atomic E-state index is 12.7. The summed E-state index contributed by atoms with van der Waals surface area (Å²) in [6.45, 7) is 1.03. The monoisotopic (exact) mass is 384 g/mol. The number of carboxylic acid groups (broad SMARTS) is 1. The van der Waals surface area contributed by atoms with Crippen molar-refractivity contribution in [2.24, 2.45) is 11.8 Å². The van der Waals surface area contributed by atoms with Crippen LogP contribution in [0.2, 0.25) is 10.0 Å². The van der Waals surface area contributed by atoms with Crippen molar-refractivity contribution in [1.82, 2.24) is 4.90 Å². The van der Waals surface area contributed by atoms with Crippen molar-refractivity contribution in [2.75, 3.05) is 24.5 Å². The predicted molar refractivity (Wildman–Crippen MR) is 93.9 cm³/mol. The molecule has 0 bridgehead atoms. The zero-order valence-electron chi connectivity index (χ0n) is 13.5. The number of nitrogens with zero attached hydrogens (tertiary/aromatic N) is 2. The van der Waals surface area contributed by atoms with Gasteiger partial charge in [0.2, 0.25) is 11.8 Å². The summed E-state index contributed by atoms with van der Waals surface area (Å²) in [5, 5.41) is 10.0. The van der Waals surface area contributed by atoms with Gasteiger partial charge in [-0.1, -0.05) is 23.2 Å². The molecule has 2 amide bonds. The molecule has 134 valence electrons. The Hall–Kier alpha value is -1.79. The van der Waals surface area contributed by atoms with E-state index in [4.69, 9.17) is 28.3 Å². The summed E-state index contributed by atoms with van der Waals surface area (Å²) in [5.41, 5.74) is 0.497. The van der Waals surface area contributed by atoms with Gasteiger partial charge in [0.15, 0.2) is 0 Å². The number of halogens is 2. The highest BCUT2D eigenvalue weighted by atomic mass is 35.5. The molecule has 0 saturated carbocycles. The van der Waals surface area contributed by atoms with Crippen molar-refractivity contribution >= 4 is 46.7 Å². The van der Waals surface area contributed by atoms with Gasteiger partial charge in [0.25, 0.3) is 0 Å². The summed E-state index contributed by atoms with van der Waals surface area (Å²) >= 11 is 12.1. The van der Waals surface area contributed by atoms with E-state index >= 15 is 0 Å². The third-order valence-corrected chi connectivity index (χ3v) is 5.34. The summed E-state index contributed by atoms with van der Waals surface area (Å²) in [4.78, 5) is 39.6. The third-order valence-electron chi connectivity index (χ3n) is 4.78. The quantitative estimate of drug-likeness (QED) is 0.812. The Balaban J connectivity index is 1.74. The second kappa shape index (κ2) is 7.22. The van der Waals surface area contributed by atoms with Crippen molar-refractivity contribution in [3.05, 3.63) is 28.2 Å². The molecule has 2 aliphatic heterocycles. The molecule has 0 radical (unpaired) electrons. The molecule has 0 aromatic heterocycles. The maximum Gasteiger partial charge on any atom is 0.308 e. The van der Waals surface area contributed by atoms with Crippen LogP contribution in [0.3, 0.4) is 0 Å². The van der Waals surface area contributed by atoms with E-state index < -0.39 is 17.8 Å². The molecule has 0 aliphatic carbocycles. The topological polar surface area (TPSA) is 77.9 Å². The Kier molecular flexibility index (Phi) is 5.20. The van der Waals surface area contributed by atoms with Crippen LogP contribution in [-0.4, -0.2) is 47.4 Å². The highest BCUT2D eigenvalue weighted by Crippen LogP contribution is 2.34. The molecule has 1 N–H and O–H groups in total. The highest BCUT2D eigenvalue weighted by molar-refractivity contribution is 6.36. The number of carbonyl (C=O) groups excluding carboxylic acids is 2. The lowest BCUT2D eigenvalue weighted by atomic mass is 9.96. The molecule has 2 aliphatic rings. The number of piperidine rings is 1. The lowest BCUT2D eigenvalue weighted by Gasteiger charge is -2.32. The fourth-order valence-corrected chi connectivity index (χ4v) is 3.83. The van der Waals surface area contributed by atoms with Gasteiger partial charge in [0.05, 0.1) is 16.6 Å². The number of carboxylic acids is 1. The molecule has 1 unspecified atom stereocenters. The van der Waals surface area contributed by atoms with Crippen LogP contribution < -0.4 is 4.90 Å². The fourth-order valence-electron chi connectivity index (χ4n) is 3.44. The van der Waals surface area contributed by atoms with E-state index in [0.717, 1.165) is 0 Å². The Bertz CT molecular complexity index is 725. The van der Waals surface area contributed by atoms with Gasteiger partial charge in [-0.15, -0.1) is 0 Å². The summed E-state index contributed by atoms with van der Waals surface area (Å²) in [6.07, 6.45) is 1.57. The summed E-state index contributed by atoms with van der Waals surface area (Å²) < 4.78 is 0. The molecular weight excluding hydrogens is 367 g/mol. The number of benzene rings is 1. The van der Waals surface area contributed by atoms with E-state index in [-0.39, 0.29) is 18.4 Å². The number of hydrogen-bond acceptors (Lipinski definition) is 3. The number of carbonyl (C=O) groups is 3. The standard InChI is InChI=1S/C17H18Cl2N2O4/c18-11-3-4-13(19)14(8-11)21-7-5-12(16(21)23)15(22)20-6-1-2-10(9-20)17(24)25/h3-4,8,10,12H,1-2,5-7,9H2,(H,24,25)/t10-,12?/m0/s1. The Labute approximate surface area is 155 Å². The number of likely N-dealkylation sites (tertiary alicyclic amines) is 1. The molecule has 1 aromatic rings. The highest BCUT2D eigenvalue weighted by Gasteiger charge is 2.41. The maximum atomic E-state index is 12.7. The number of hydrogen-bond donors (Lipinski definition) is 1. The average Bonchev–Trinajstić information content (AvgIpc) is 2.98. The second-order valence-corrected chi connectivity index (χ2v) is 7.23. The Morgan fingerprint density at radius 2 is 1.92 bits per heavy atom. The van der Waals surface area contributed by atoms with Crippen molar-refractivity contribution in [3.63, 3.8) is 0 Å². The van der Waals surface area contributed by atoms with Gasteiger partial charge in [0, 0.05) is 24.7 Å². The fraction of sp³-hybridized carbons (Fsp3) is 0.471. The van der Waals surface area contributed by atoms with E-state index in [1.165, 1.54) is 9.80 Å². The average molecular weight is 385 g/mol. The minimum Gasteiger partial charge on any atom is -0.481 e. The van der Waals surface area contributed by atoms with Gasteiger partial charge in [0.1, 0.15) is 5.92 Å². The first kappa shape index (κ1) is 18.0. The van der Waals surface area contributed by atoms with Crippen LogP contribution in [0.4, 0.5) is 5.69 Å². The molecule has 25 heavy (non-hydrogen) atoms. The van der Waals surface area contributed by atoms with Crippen LogP contribution >= 0.6 is 23.2 Å². The first-order valence-electron chi connectivity index (χ1n) is 8.16. The molecule has 8 heteroatoms. The van der Waals surface area contributed by atoms with Gasteiger partial charge >= 0.3 is 5.97 Å². The van der Waals surface area contributed by atoms with Crippen LogP contribution in [0.25, 0.3) is 0 Å². The lowest BCUT2D eigenvalue weighted by molar-refractivity contribution is -0.147. The minimum atomic E-state index is -0.900. The first-order valence-corrected chi connectivity index (χ1v) is 8.92. The van der Waals surface area contributed by atoms with E-state index in [0.29, 0.717) is 48.1 Å². The predicted octanol–water partition coefficient (Wildman–Crippen LogP) is 2.67. The molecule has 3 rings (SSSR count). The van der Waals surface area contributed by atoms with Crippen molar-refractivity contribution in [1.29, 1.82) is 0 Å². The van der Waals surface area contributed by atoms with Gasteiger partial charge < -0.3 is 14.9 Å². The zero-order chi connectivity index (χ0) is 18.1. The van der Waals surface area contributed by atoms with Crippen molar-refractivity contribution < 1.29 is 19.5 Å². The minimum absolute atomic E-state index is 0.163. The third kappa shape index (κ3) is 3.60. The molecule has 2 saturated heterocycles. The van der Waals surface area contributed by atoms with Gasteiger partial charge in [-0.25, -0.2) is 0 Å². The first-order chi connectivity index (χ1) is 11.9. The number of rotatable bonds is 3. The Morgan fingerprint density at radius 1 is 1.16 bits per heavy atom. The van der Waals surface area contributed by atoms with Gasteiger partial charge in [-0.05, 0) is 37.5 Å². The van der Waals surface area contributed by atoms with Crippen LogP contribution in [0, 0.1) is 11.8 Å². The van der Waals surface area contributed by atoms with Crippen molar-refractivity contribution in [2.45, 2.75) is 19.3 Å². The van der Waals surface area contributed by atoms with E-state index in [1.807, 2.05) is 0 Å². The van der Waals surface area contributed by atoms with E-state index in [9.17, 15) is 14.4 Å². The molecule has 2 atom stereocenters. The summed E-state index contributed by atoms with van der Waals surface area (Å²) in [6, 6.07) is 4.86. The number of anilines is 1. The van der Waals surface area contributed by atoms with E-state index in [2.05, 4.69) is 0 Å². The lowest BCUT2D eigenvalue weighted by Crippen LogP contribution is -2.46. The largest absolute Gasteiger partial charge is 0.481 e. The van der Waals surface area contributed by atoms with Crippen LogP contribution in [0.1, 0.15) is 19.3 Å². The Morgan fingerprint density at radius 3 is 2.64 bits per heavy atom. The SMILES string of the molecule is O=C(O)[C@H]1CCCN(C(=O)C2CCN(c3cc(Cl)ccc3Cl)C2=O)C1. The molecule has 0 spiro atoms. The number of amides is 2. The summed E-state index contributed by atoms with van der Waals surface area (Å²) in [7, 11) is 0. The van der Waals surface area contributed by atoms with Gasteiger partial charge in [-0.2, -0.15) is 0 Å². The molecule has 6 nitrogen and oxygen atoms in total. The van der Waals surface area contributed by atoms with Crippen molar-refractivity contribution in [3.8, 4) is 0 Å². The number of aliphatic carboxylic acids is 1. The molecule has 2 heterocycles. The zero-order valence-corrected chi connectivity index (χ0v) is 15.0. The van der Waals surface area contributed by atoms with Crippen LogP contribution in [-0.2, 0) is 14.4 Å². The molecular formula is C17H18Cl2N2O4. The molecule has 2 fully saturated rings. The molecule has 1 aromatic carbocycles. The summed E-state index contributed by atoms with van der Waals surface area (Å²) in [5.74, 6) is -2.86. The van der Waals surface area contributed by atoms with Crippen LogP contribution in [0.15, 0.2) is 18.2 Å². The normalized spacial score (nSPS) is 23.8. The smallest absolute Gasteiger partial charge is 0.308 e. The van der Waals surface area contributed by atoms with Crippen LogP contribution in [0.5, 0.6) is 0 Å².